The monoisotopic (exact) mass is 507 g/mol. The summed E-state index contributed by atoms with van der Waals surface area (Å²) in [6, 6.07) is 11.5. The van der Waals surface area contributed by atoms with E-state index in [0.29, 0.717) is 42.0 Å². The van der Waals surface area contributed by atoms with Gasteiger partial charge in [-0.2, -0.15) is 0 Å². The third-order valence-electron chi connectivity index (χ3n) is 8.36. The maximum Gasteiger partial charge on any atom is 0.272 e. The predicted molar refractivity (Wildman–Crippen MR) is 144 cm³/mol. The average molecular weight is 508 g/mol. The normalized spacial score (nSPS) is 26.5. The van der Waals surface area contributed by atoms with Gasteiger partial charge < -0.3 is 25.0 Å². The number of methoxy groups -OCH3 is 1. The van der Waals surface area contributed by atoms with E-state index >= 15 is 0 Å². The van der Waals surface area contributed by atoms with Crippen molar-refractivity contribution in [2.75, 3.05) is 45.3 Å². The van der Waals surface area contributed by atoms with Gasteiger partial charge in [-0.05, 0) is 63.4 Å². The van der Waals surface area contributed by atoms with Crippen molar-refractivity contribution >= 4 is 11.7 Å². The number of anilines is 1. The first-order chi connectivity index (χ1) is 18.0. The molecular formula is C29H41N5O3. The fourth-order valence-electron chi connectivity index (χ4n) is 5.99. The van der Waals surface area contributed by atoms with E-state index in [1.807, 2.05) is 18.7 Å². The number of piperidine rings is 1. The standard InChI is InChI=1S/C29H41N5O3/c1-19-27(29(35)34-12-9-24(10-13-34)33-25-11-14-37-18-26(25)36-3)31-20(2)32-28(19)30-17-21-15-23(16-21)22-7-5-4-6-8-22/h4-8,21,23-26,33H,9-18H2,1-3H3,(H,30,31,32)/t21-,23-,25-,26?/m0/s1. The van der Waals surface area contributed by atoms with Crippen molar-refractivity contribution in [1.29, 1.82) is 0 Å². The van der Waals surface area contributed by atoms with Gasteiger partial charge in [0.25, 0.3) is 5.91 Å². The Morgan fingerprint density at radius 1 is 1.11 bits per heavy atom. The van der Waals surface area contributed by atoms with Crippen molar-refractivity contribution in [3.8, 4) is 0 Å². The SMILES string of the molecule is COC1COCC[C@@H]1NC1CCN(C(=O)c2nc(C)nc(NC[C@H]3C[C@H](c4ccccc4)C3)c2C)CC1. The van der Waals surface area contributed by atoms with Crippen molar-refractivity contribution in [2.24, 2.45) is 5.92 Å². The first-order valence-corrected chi connectivity index (χ1v) is 13.8. The number of aryl methyl sites for hydroxylation is 1. The molecular weight excluding hydrogens is 466 g/mol. The molecule has 2 aromatic rings. The minimum atomic E-state index is 0.0121. The van der Waals surface area contributed by atoms with Crippen LogP contribution in [0.3, 0.4) is 0 Å². The quantitative estimate of drug-likeness (QED) is 0.563. The summed E-state index contributed by atoms with van der Waals surface area (Å²) in [6.07, 6.45) is 5.29. The third kappa shape index (κ3) is 6.13. The molecule has 37 heavy (non-hydrogen) atoms. The first-order valence-electron chi connectivity index (χ1n) is 13.8. The zero-order valence-electron chi connectivity index (χ0n) is 22.4. The summed E-state index contributed by atoms with van der Waals surface area (Å²) in [4.78, 5) is 24.6. The Kier molecular flexibility index (Phi) is 8.37. The van der Waals surface area contributed by atoms with Gasteiger partial charge in [0.15, 0.2) is 0 Å². The van der Waals surface area contributed by atoms with E-state index in [1.54, 1.807) is 7.11 Å². The highest BCUT2D eigenvalue weighted by Crippen LogP contribution is 2.41. The van der Waals surface area contributed by atoms with E-state index in [1.165, 1.54) is 18.4 Å². The molecule has 2 saturated heterocycles. The van der Waals surface area contributed by atoms with Crippen LogP contribution in [0, 0.1) is 19.8 Å². The molecule has 3 heterocycles. The van der Waals surface area contributed by atoms with Crippen molar-refractivity contribution in [2.45, 2.75) is 70.1 Å². The average Bonchev–Trinajstić information content (AvgIpc) is 2.90. The second-order valence-corrected chi connectivity index (χ2v) is 10.9. The topological polar surface area (TPSA) is 88.6 Å². The van der Waals surface area contributed by atoms with Crippen molar-refractivity contribution < 1.29 is 14.3 Å². The highest BCUT2D eigenvalue weighted by molar-refractivity contribution is 5.94. The molecule has 1 aromatic carbocycles. The van der Waals surface area contributed by atoms with Gasteiger partial charge in [0.2, 0.25) is 0 Å². The van der Waals surface area contributed by atoms with E-state index in [0.717, 1.165) is 56.9 Å². The first kappa shape index (κ1) is 26.1. The van der Waals surface area contributed by atoms with Gasteiger partial charge in [-0.3, -0.25) is 4.79 Å². The molecule has 3 fully saturated rings. The molecule has 1 saturated carbocycles. The highest BCUT2D eigenvalue weighted by atomic mass is 16.5. The maximum atomic E-state index is 13.5. The molecule has 1 amide bonds. The second kappa shape index (κ2) is 11.9. The highest BCUT2D eigenvalue weighted by Gasteiger charge is 2.32. The summed E-state index contributed by atoms with van der Waals surface area (Å²) < 4.78 is 11.1. The van der Waals surface area contributed by atoms with Crippen LogP contribution in [-0.2, 0) is 9.47 Å². The number of carbonyl (C=O) groups is 1. The Morgan fingerprint density at radius 2 is 1.86 bits per heavy atom. The number of benzene rings is 1. The van der Waals surface area contributed by atoms with Gasteiger partial charge >= 0.3 is 0 Å². The zero-order valence-corrected chi connectivity index (χ0v) is 22.4. The lowest BCUT2D eigenvalue weighted by Gasteiger charge is -2.38. The molecule has 1 unspecified atom stereocenters. The molecule has 3 aliphatic rings. The molecule has 2 aliphatic heterocycles. The largest absolute Gasteiger partial charge is 0.379 e. The van der Waals surface area contributed by atoms with Crippen LogP contribution in [0.4, 0.5) is 5.82 Å². The van der Waals surface area contributed by atoms with E-state index in [4.69, 9.17) is 9.47 Å². The van der Waals surface area contributed by atoms with Gasteiger partial charge in [0, 0.05) is 51.0 Å². The van der Waals surface area contributed by atoms with Gasteiger partial charge in [-0.25, -0.2) is 9.97 Å². The number of carbonyl (C=O) groups excluding carboxylic acids is 1. The number of nitrogens with zero attached hydrogens (tertiary/aromatic N) is 3. The number of aromatic nitrogens is 2. The fraction of sp³-hybridized carbons (Fsp3) is 0.621. The van der Waals surface area contributed by atoms with Crippen LogP contribution in [0.2, 0.25) is 0 Å². The lowest BCUT2D eigenvalue weighted by molar-refractivity contribution is -0.0533. The fourth-order valence-corrected chi connectivity index (χ4v) is 5.99. The molecule has 5 rings (SSSR count). The van der Waals surface area contributed by atoms with Crippen molar-refractivity contribution in [3.05, 3.63) is 53.0 Å². The summed E-state index contributed by atoms with van der Waals surface area (Å²) in [5.41, 5.74) is 2.81. The Hall–Kier alpha value is -2.55. The molecule has 0 spiro atoms. The Balaban J connectivity index is 1.14. The van der Waals surface area contributed by atoms with E-state index in [2.05, 4.69) is 50.9 Å². The maximum absolute atomic E-state index is 13.5. The summed E-state index contributed by atoms with van der Waals surface area (Å²) in [5, 5.41) is 7.30. The molecule has 2 N–H and O–H groups in total. The summed E-state index contributed by atoms with van der Waals surface area (Å²) >= 11 is 0. The van der Waals surface area contributed by atoms with E-state index < -0.39 is 0 Å². The smallest absolute Gasteiger partial charge is 0.272 e. The number of ether oxygens (including phenoxy) is 2. The number of likely N-dealkylation sites (tertiary alicyclic amines) is 1. The lowest BCUT2D eigenvalue weighted by Crippen LogP contribution is -2.54. The van der Waals surface area contributed by atoms with E-state index in [-0.39, 0.29) is 12.0 Å². The summed E-state index contributed by atoms with van der Waals surface area (Å²) in [6.45, 7) is 7.57. The van der Waals surface area contributed by atoms with Crippen LogP contribution in [0.1, 0.15) is 65.5 Å². The predicted octanol–water partition coefficient (Wildman–Crippen LogP) is 3.70. The summed E-state index contributed by atoms with van der Waals surface area (Å²) in [7, 11) is 1.75. The second-order valence-electron chi connectivity index (χ2n) is 10.9. The van der Waals surface area contributed by atoms with Crippen LogP contribution in [0.15, 0.2) is 30.3 Å². The Labute approximate surface area is 220 Å². The molecule has 0 radical (unpaired) electrons. The van der Waals surface area contributed by atoms with Crippen LogP contribution in [0.25, 0.3) is 0 Å². The van der Waals surface area contributed by atoms with Crippen LogP contribution in [-0.4, -0.2) is 78.9 Å². The zero-order chi connectivity index (χ0) is 25.8. The van der Waals surface area contributed by atoms with Crippen molar-refractivity contribution in [1.82, 2.24) is 20.2 Å². The lowest BCUT2D eigenvalue weighted by atomic mass is 9.71. The molecule has 0 bridgehead atoms. The molecule has 8 nitrogen and oxygen atoms in total. The van der Waals surface area contributed by atoms with Crippen LogP contribution in [0.5, 0.6) is 0 Å². The van der Waals surface area contributed by atoms with Crippen LogP contribution >= 0.6 is 0 Å². The van der Waals surface area contributed by atoms with Crippen molar-refractivity contribution in [3.63, 3.8) is 0 Å². The number of rotatable bonds is 8. The molecule has 200 valence electrons. The number of hydrogen-bond acceptors (Lipinski definition) is 7. The van der Waals surface area contributed by atoms with Gasteiger partial charge in [0.05, 0.1) is 12.7 Å². The molecule has 8 heteroatoms. The third-order valence-corrected chi connectivity index (χ3v) is 8.36. The Morgan fingerprint density at radius 3 is 2.59 bits per heavy atom. The van der Waals surface area contributed by atoms with Gasteiger partial charge in [0.1, 0.15) is 17.3 Å². The molecule has 1 aromatic heterocycles. The molecule has 1 aliphatic carbocycles. The number of hydrogen-bond donors (Lipinski definition) is 2. The summed E-state index contributed by atoms with van der Waals surface area (Å²) in [5.74, 6) is 2.72. The molecule has 2 atom stereocenters. The number of nitrogens with one attached hydrogen (secondary N) is 2. The number of amides is 1. The van der Waals surface area contributed by atoms with E-state index in [9.17, 15) is 4.79 Å². The minimum Gasteiger partial charge on any atom is -0.379 e. The Bertz CT molecular complexity index is 1050. The van der Waals surface area contributed by atoms with Gasteiger partial charge in [-0.15, -0.1) is 0 Å². The minimum absolute atomic E-state index is 0.0121. The van der Waals surface area contributed by atoms with Crippen LogP contribution < -0.4 is 10.6 Å². The van der Waals surface area contributed by atoms with Gasteiger partial charge in [-0.1, -0.05) is 30.3 Å².